The highest BCUT2D eigenvalue weighted by Crippen LogP contribution is 2.23. The van der Waals surface area contributed by atoms with Crippen molar-refractivity contribution in [1.82, 2.24) is 10.2 Å². The molecule has 7 nitrogen and oxygen atoms in total. The van der Waals surface area contributed by atoms with Crippen LogP contribution in [0.1, 0.15) is 43.9 Å². The third-order valence-electron chi connectivity index (χ3n) is 5.61. The SMILES string of the molecule is CCC(C(=O)NCC(C)C)N(Cc1ccc(C)cc1)C(=O)CN(c1ccccc1C)S(C)(=O)=O. The van der Waals surface area contributed by atoms with Crippen molar-refractivity contribution in [2.75, 3.05) is 23.7 Å². The van der Waals surface area contributed by atoms with Gasteiger partial charge < -0.3 is 10.2 Å². The van der Waals surface area contributed by atoms with Crippen molar-refractivity contribution in [3.63, 3.8) is 0 Å². The average Bonchev–Trinajstić information content (AvgIpc) is 2.77. The molecule has 2 amide bonds. The van der Waals surface area contributed by atoms with Crippen LogP contribution in [0.15, 0.2) is 48.5 Å². The molecule has 0 aliphatic heterocycles. The maximum absolute atomic E-state index is 13.6. The predicted octanol–water partition coefficient (Wildman–Crippen LogP) is 3.65. The first-order valence-corrected chi connectivity index (χ1v) is 13.4. The average molecular weight is 488 g/mol. The van der Waals surface area contributed by atoms with Crippen LogP contribution in [0.2, 0.25) is 0 Å². The Balaban J connectivity index is 2.42. The number of sulfonamides is 1. The maximum atomic E-state index is 13.6. The van der Waals surface area contributed by atoms with E-state index in [-0.39, 0.29) is 24.9 Å². The quantitative estimate of drug-likeness (QED) is 0.524. The Kier molecular flexibility index (Phi) is 9.67. The number of benzene rings is 2. The Morgan fingerprint density at radius 2 is 1.62 bits per heavy atom. The summed E-state index contributed by atoms with van der Waals surface area (Å²) in [6, 6.07) is 14.1. The Labute approximate surface area is 204 Å². The van der Waals surface area contributed by atoms with Crippen LogP contribution in [-0.2, 0) is 26.2 Å². The van der Waals surface area contributed by atoms with E-state index in [0.29, 0.717) is 18.7 Å². The molecule has 8 heteroatoms. The van der Waals surface area contributed by atoms with E-state index in [2.05, 4.69) is 5.32 Å². The number of hydrogen-bond acceptors (Lipinski definition) is 4. The van der Waals surface area contributed by atoms with Gasteiger partial charge in [0.15, 0.2) is 0 Å². The minimum Gasteiger partial charge on any atom is -0.354 e. The van der Waals surface area contributed by atoms with Crippen LogP contribution < -0.4 is 9.62 Å². The van der Waals surface area contributed by atoms with E-state index < -0.39 is 22.0 Å². The van der Waals surface area contributed by atoms with Crippen LogP contribution in [0.5, 0.6) is 0 Å². The molecule has 0 radical (unpaired) electrons. The lowest BCUT2D eigenvalue weighted by Crippen LogP contribution is -2.52. The van der Waals surface area contributed by atoms with Crippen LogP contribution in [0.25, 0.3) is 0 Å². The Morgan fingerprint density at radius 3 is 2.15 bits per heavy atom. The highest BCUT2D eigenvalue weighted by atomic mass is 32.2. The predicted molar refractivity (Wildman–Crippen MR) is 137 cm³/mol. The van der Waals surface area contributed by atoms with Gasteiger partial charge in [0.1, 0.15) is 12.6 Å². The minimum atomic E-state index is -3.74. The fraction of sp³-hybridized carbons (Fsp3) is 0.462. The zero-order chi connectivity index (χ0) is 25.5. The van der Waals surface area contributed by atoms with Gasteiger partial charge >= 0.3 is 0 Å². The number of carbonyl (C=O) groups excluding carboxylic acids is 2. The Bertz CT molecular complexity index is 1080. The Hall–Kier alpha value is -2.87. The summed E-state index contributed by atoms with van der Waals surface area (Å²) >= 11 is 0. The normalized spacial score (nSPS) is 12.3. The molecule has 0 spiro atoms. The van der Waals surface area contributed by atoms with E-state index in [0.717, 1.165) is 27.3 Å². The van der Waals surface area contributed by atoms with Gasteiger partial charge in [-0.05, 0) is 43.4 Å². The van der Waals surface area contributed by atoms with Crippen LogP contribution in [0.3, 0.4) is 0 Å². The van der Waals surface area contributed by atoms with Crippen molar-refractivity contribution in [2.24, 2.45) is 5.92 Å². The zero-order valence-corrected chi connectivity index (χ0v) is 21.9. The van der Waals surface area contributed by atoms with Crippen LogP contribution in [-0.4, -0.2) is 50.5 Å². The number of nitrogens with one attached hydrogen (secondary N) is 1. The van der Waals surface area contributed by atoms with E-state index in [1.807, 2.05) is 58.0 Å². The highest BCUT2D eigenvalue weighted by Gasteiger charge is 2.32. The summed E-state index contributed by atoms with van der Waals surface area (Å²) in [6.45, 7) is 9.96. The summed E-state index contributed by atoms with van der Waals surface area (Å²) in [6.07, 6.45) is 1.49. The van der Waals surface area contributed by atoms with Gasteiger partial charge in [-0.15, -0.1) is 0 Å². The molecule has 2 aromatic rings. The molecule has 0 aliphatic rings. The zero-order valence-electron chi connectivity index (χ0n) is 21.0. The summed E-state index contributed by atoms with van der Waals surface area (Å²) in [5, 5.41) is 2.92. The van der Waals surface area contributed by atoms with Gasteiger partial charge in [0.05, 0.1) is 11.9 Å². The molecule has 1 atom stereocenters. The monoisotopic (exact) mass is 487 g/mol. The van der Waals surface area contributed by atoms with E-state index >= 15 is 0 Å². The summed E-state index contributed by atoms with van der Waals surface area (Å²) in [7, 11) is -3.74. The number of amides is 2. The second kappa shape index (κ2) is 12.0. The molecular formula is C26H37N3O4S. The lowest BCUT2D eigenvalue weighted by molar-refractivity contribution is -0.140. The number of aryl methyl sites for hydroxylation is 2. The molecule has 0 saturated heterocycles. The summed E-state index contributed by atoms with van der Waals surface area (Å²) in [4.78, 5) is 28.2. The van der Waals surface area contributed by atoms with Crippen molar-refractivity contribution < 1.29 is 18.0 Å². The van der Waals surface area contributed by atoms with E-state index in [4.69, 9.17) is 0 Å². The van der Waals surface area contributed by atoms with E-state index in [1.165, 1.54) is 4.90 Å². The molecule has 0 fully saturated rings. The van der Waals surface area contributed by atoms with Crippen molar-refractivity contribution in [1.29, 1.82) is 0 Å². The molecule has 0 bridgehead atoms. The Morgan fingerprint density at radius 1 is 1.00 bits per heavy atom. The van der Waals surface area contributed by atoms with Gasteiger partial charge in [-0.25, -0.2) is 8.42 Å². The maximum Gasteiger partial charge on any atom is 0.244 e. The third-order valence-corrected chi connectivity index (χ3v) is 6.73. The van der Waals surface area contributed by atoms with Crippen LogP contribution in [0.4, 0.5) is 5.69 Å². The summed E-state index contributed by atoms with van der Waals surface area (Å²) < 4.78 is 26.4. The number of carbonyl (C=O) groups is 2. The van der Waals surface area contributed by atoms with Crippen molar-refractivity contribution in [3.05, 3.63) is 65.2 Å². The van der Waals surface area contributed by atoms with E-state index in [9.17, 15) is 18.0 Å². The smallest absolute Gasteiger partial charge is 0.244 e. The van der Waals surface area contributed by atoms with Crippen molar-refractivity contribution >= 4 is 27.5 Å². The second-order valence-electron chi connectivity index (χ2n) is 9.13. The first-order chi connectivity index (χ1) is 15.9. The van der Waals surface area contributed by atoms with Gasteiger partial charge in [0.2, 0.25) is 21.8 Å². The van der Waals surface area contributed by atoms with Crippen molar-refractivity contribution in [3.8, 4) is 0 Å². The van der Waals surface area contributed by atoms with Gasteiger partial charge in [0.25, 0.3) is 0 Å². The lowest BCUT2D eigenvalue weighted by atomic mass is 10.1. The highest BCUT2D eigenvalue weighted by molar-refractivity contribution is 7.92. The lowest BCUT2D eigenvalue weighted by Gasteiger charge is -2.33. The standard InChI is InChI=1S/C26H37N3O4S/c1-7-23(26(31)27-16-19(2)3)28(17-22-14-12-20(4)13-15-22)25(30)18-29(34(6,32)33)24-11-9-8-10-21(24)5/h8-15,19,23H,7,16-18H2,1-6H3,(H,27,31). The number of nitrogens with zero attached hydrogens (tertiary/aromatic N) is 2. The van der Waals surface area contributed by atoms with Gasteiger partial charge in [-0.2, -0.15) is 0 Å². The summed E-state index contributed by atoms with van der Waals surface area (Å²) in [5.74, 6) is -0.399. The summed E-state index contributed by atoms with van der Waals surface area (Å²) in [5.41, 5.74) is 3.15. The first-order valence-electron chi connectivity index (χ1n) is 11.6. The largest absolute Gasteiger partial charge is 0.354 e. The molecular weight excluding hydrogens is 450 g/mol. The fourth-order valence-electron chi connectivity index (χ4n) is 3.67. The molecule has 1 N–H and O–H groups in total. The molecule has 0 aliphatic carbocycles. The van der Waals surface area contributed by atoms with E-state index in [1.54, 1.807) is 25.1 Å². The van der Waals surface area contributed by atoms with Gasteiger partial charge in [-0.3, -0.25) is 13.9 Å². The van der Waals surface area contributed by atoms with Gasteiger partial charge in [0, 0.05) is 13.1 Å². The first kappa shape index (κ1) is 27.4. The fourth-order valence-corrected chi connectivity index (χ4v) is 4.58. The molecule has 1 unspecified atom stereocenters. The molecule has 2 rings (SSSR count). The van der Waals surface area contributed by atoms with Crippen LogP contribution >= 0.6 is 0 Å². The third kappa shape index (κ3) is 7.58. The van der Waals surface area contributed by atoms with Gasteiger partial charge in [-0.1, -0.05) is 68.8 Å². The topological polar surface area (TPSA) is 86.8 Å². The molecule has 186 valence electrons. The molecule has 0 saturated carbocycles. The number of hydrogen-bond donors (Lipinski definition) is 1. The molecule has 0 aromatic heterocycles. The van der Waals surface area contributed by atoms with Crippen molar-refractivity contribution in [2.45, 2.75) is 53.6 Å². The molecule has 34 heavy (non-hydrogen) atoms. The number of anilines is 1. The molecule has 2 aromatic carbocycles. The minimum absolute atomic E-state index is 0.206. The number of rotatable bonds is 11. The second-order valence-corrected chi connectivity index (χ2v) is 11.0. The molecule has 0 heterocycles. The number of para-hydroxylation sites is 1. The van der Waals surface area contributed by atoms with Crippen LogP contribution in [0, 0.1) is 19.8 Å².